The fraction of sp³-hybridized carbons (Fsp3) is 0.500. The topological polar surface area (TPSA) is 52.6 Å². The number of benzene rings is 1. The van der Waals surface area contributed by atoms with E-state index in [0.29, 0.717) is 0 Å². The standard InChI is InChI=1S/C16H15F7O4/c1-9(2)7-26-12(24)10-5-3-4-6-11(10)13(25)27-8-14(17,18)15(19,20)16(21,22)23/h3-6,9H,7-8H2,1-2H3. The minimum absolute atomic E-state index is 0.0297. The predicted molar refractivity (Wildman–Crippen MR) is 77.8 cm³/mol. The van der Waals surface area contributed by atoms with Crippen molar-refractivity contribution in [2.75, 3.05) is 13.2 Å². The Morgan fingerprint density at radius 3 is 1.74 bits per heavy atom. The molecule has 0 heterocycles. The lowest BCUT2D eigenvalue weighted by Gasteiger charge is -2.27. The molecule has 0 aromatic heterocycles. The van der Waals surface area contributed by atoms with E-state index in [1.165, 1.54) is 12.1 Å². The number of esters is 2. The van der Waals surface area contributed by atoms with Gasteiger partial charge in [0.25, 0.3) is 0 Å². The van der Waals surface area contributed by atoms with Gasteiger partial charge in [-0.1, -0.05) is 26.0 Å². The van der Waals surface area contributed by atoms with E-state index in [1.54, 1.807) is 13.8 Å². The summed E-state index contributed by atoms with van der Waals surface area (Å²) in [5, 5.41) is 0. The molecule has 0 N–H and O–H groups in total. The third kappa shape index (κ3) is 5.33. The Labute approximate surface area is 149 Å². The summed E-state index contributed by atoms with van der Waals surface area (Å²) in [6.07, 6.45) is -6.54. The Hall–Kier alpha value is -2.33. The van der Waals surface area contributed by atoms with Gasteiger partial charge in [-0.25, -0.2) is 9.59 Å². The largest absolute Gasteiger partial charge is 0.462 e. The van der Waals surface area contributed by atoms with Gasteiger partial charge in [0.2, 0.25) is 0 Å². The monoisotopic (exact) mass is 404 g/mol. The van der Waals surface area contributed by atoms with Crippen molar-refractivity contribution in [3.8, 4) is 0 Å². The van der Waals surface area contributed by atoms with Crippen LogP contribution in [0.15, 0.2) is 24.3 Å². The van der Waals surface area contributed by atoms with Crippen LogP contribution in [0.2, 0.25) is 0 Å². The van der Waals surface area contributed by atoms with Crippen molar-refractivity contribution in [3.05, 3.63) is 35.4 Å². The van der Waals surface area contributed by atoms with E-state index in [2.05, 4.69) is 4.74 Å². The van der Waals surface area contributed by atoms with Gasteiger partial charge in [0.1, 0.15) is 0 Å². The number of carbonyl (C=O) groups is 2. The van der Waals surface area contributed by atoms with Crippen LogP contribution in [0.25, 0.3) is 0 Å². The van der Waals surface area contributed by atoms with Crippen molar-refractivity contribution in [1.82, 2.24) is 0 Å². The van der Waals surface area contributed by atoms with Crippen LogP contribution < -0.4 is 0 Å². The highest BCUT2D eigenvalue weighted by molar-refractivity contribution is 6.03. The first-order valence-electron chi connectivity index (χ1n) is 7.46. The number of rotatable bonds is 7. The van der Waals surface area contributed by atoms with Crippen LogP contribution in [0.4, 0.5) is 30.7 Å². The minimum atomic E-state index is -6.54. The van der Waals surface area contributed by atoms with E-state index >= 15 is 0 Å². The minimum Gasteiger partial charge on any atom is -0.462 e. The van der Waals surface area contributed by atoms with E-state index < -0.39 is 47.7 Å². The Morgan fingerprint density at radius 2 is 1.33 bits per heavy atom. The summed E-state index contributed by atoms with van der Waals surface area (Å²) in [7, 11) is 0. The third-order valence-electron chi connectivity index (χ3n) is 3.11. The molecule has 0 amide bonds. The molecule has 11 heteroatoms. The van der Waals surface area contributed by atoms with Crippen LogP contribution >= 0.6 is 0 Å². The molecule has 0 aliphatic rings. The molecule has 0 spiro atoms. The molecule has 4 nitrogen and oxygen atoms in total. The number of hydrogen-bond acceptors (Lipinski definition) is 4. The Bertz CT molecular complexity index is 684. The number of hydrogen-bond donors (Lipinski definition) is 0. The molecule has 1 rings (SSSR count). The lowest BCUT2D eigenvalue weighted by atomic mass is 10.1. The summed E-state index contributed by atoms with van der Waals surface area (Å²) >= 11 is 0. The second-order valence-corrected chi connectivity index (χ2v) is 5.89. The zero-order valence-electron chi connectivity index (χ0n) is 14.1. The van der Waals surface area contributed by atoms with Crippen LogP contribution in [0.3, 0.4) is 0 Å². The first kappa shape index (κ1) is 22.7. The van der Waals surface area contributed by atoms with E-state index in [0.717, 1.165) is 12.1 Å². The summed E-state index contributed by atoms with van der Waals surface area (Å²) in [5.74, 6) is -14.9. The van der Waals surface area contributed by atoms with E-state index in [-0.39, 0.29) is 12.5 Å². The second-order valence-electron chi connectivity index (χ2n) is 5.89. The average molecular weight is 404 g/mol. The third-order valence-corrected chi connectivity index (χ3v) is 3.11. The number of alkyl halides is 7. The lowest BCUT2D eigenvalue weighted by molar-refractivity contribution is -0.359. The molecule has 1 aromatic rings. The van der Waals surface area contributed by atoms with Gasteiger partial charge >= 0.3 is 30.0 Å². The fourth-order valence-corrected chi connectivity index (χ4v) is 1.69. The summed E-state index contributed by atoms with van der Waals surface area (Å²) in [6, 6.07) is 4.55. The van der Waals surface area contributed by atoms with Crippen molar-refractivity contribution in [3.63, 3.8) is 0 Å². The van der Waals surface area contributed by atoms with Crippen LogP contribution in [-0.2, 0) is 9.47 Å². The smallest absolute Gasteiger partial charge is 0.460 e. The van der Waals surface area contributed by atoms with Gasteiger partial charge in [-0.3, -0.25) is 0 Å². The Morgan fingerprint density at radius 1 is 0.889 bits per heavy atom. The van der Waals surface area contributed by atoms with E-state index in [4.69, 9.17) is 4.74 Å². The van der Waals surface area contributed by atoms with Crippen LogP contribution in [-0.4, -0.2) is 43.2 Å². The Kier molecular flexibility index (Phi) is 6.84. The molecule has 27 heavy (non-hydrogen) atoms. The fourth-order valence-electron chi connectivity index (χ4n) is 1.69. The summed E-state index contributed by atoms with van der Waals surface area (Å²) in [6.45, 7) is 0.874. The first-order chi connectivity index (χ1) is 12.2. The highest BCUT2D eigenvalue weighted by atomic mass is 19.4. The van der Waals surface area contributed by atoms with Crippen molar-refractivity contribution < 1.29 is 49.8 Å². The molecule has 0 saturated heterocycles. The number of halogens is 7. The summed E-state index contributed by atoms with van der Waals surface area (Å²) < 4.78 is 97.0. The predicted octanol–water partition coefficient (Wildman–Crippen LogP) is 4.49. The molecule has 0 atom stereocenters. The molecule has 0 aliphatic carbocycles. The van der Waals surface area contributed by atoms with Crippen LogP contribution in [0.1, 0.15) is 34.6 Å². The molecule has 152 valence electrons. The maximum Gasteiger partial charge on any atom is 0.460 e. The molecule has 1 aromatic carbocycles. The van der Waals surface area contributed by atoms with Crippen LogP contribution in [0.5, 0.6) is 0 Å². The maximum atomic E-state index is 13.2. The Balaban J connectivity index is 2.94. The highest BCUT2D eigenvalue weighted by Gasteiger charge is 2.73. The van der Waals surface area contributed by atoms with Gasteiger partial charge < -0.3 is 9.47 Å². The van der Waals surface area contributed by atoms with E-state index in [9.17, 15) is 40.3 Å². The molecule has 0 fully saturated rings. The van der Waals surface area contributed by atoms with Gasteiger partial charge in [-0.2, -0.15) is 30.7 Å². The second kappa shape index (κ2) is 8.13. The van der Waals surface area contributed by atoms with E-state index in [1.807, 2.05) is 0 Å². The average Bonchev–Trinajstić information content (AvgIpc) is 2.56. The zero-order chi connectivity index (χ0) is 21.0. The lowest BCUT2D eigenvalue weighted by Crippen LogP contribution is -2.54. The zero-order valence-corrected chi connectivity index (χ0v) is 14.1. The van der Waals surface area contributed by atoms with Crippen molar-refractivity contribution in [1.29, 1.82) is 0 Å². The molecule has 0 bridgehead atoms. The van der Waals surface area contributed by atoms with Crippen molar-refractivity contribution in [2.45, 2.75) is 31.9 Å². The molecule has 0 radical (unpaired) electrons. The quantitative estimate of drug-likeness (QED) is 0.497. The molecule has 0 aliphatic heterocycles. The molecular formula is C16H15F7O4. The summed E-state index contributed by atoms with van der Waals surface area (Å²) in [4.78, 5) is 23.8. The van der Waals surface area contributed by atoms with Gasteiger partial charge in [0.15, 0.2) is 6.61 Å². The van der Waals surface area contributed by atoms with Gasteiger partial charge in [-0.15, -0.1) is 0 Å². The number of ether oxygens (including phenoxy) is 2. The van der Waals surface area contributed by atoms with Gasteiger partial charge in [0.05, 0.1) is 17.7 Å². The van der Waals surface area contributed by atoms with Crippen molar-refractivity contribution >= 4 is 11.9 Å². The van der Waals surface area contributed by atoms with Gasteiger partial charge in [0, 0.05) is 0 Å². The highest BCUT2D eigenvalue weighted by Crippen LogP contribution is 2.46. The molecule has 0 unspecified atom stereocenters. The number of carbonyl (C=O) groups excluding carboxylic acids is 2. The normalized spacial score (nSPS) is 12.8. The SMILES string of the molecule is CC(C)COC(=O)c1ccccc1C(=O)OCC(F)(F)C(F)(F)C(F)(F)F. The van der Waals surface area contributed by atoms with Gasteiger partial charge in [-0.05, 0) is 18.1 Å². The van der Waals surface area contributed by atoms with Crippen molar-refractivity contribution in [2.24, 2.45) is 5.92 Å². The van der Waals surface area contributed by atoms with Crippen LogP contribution in [0, 0.1) is 5.92 Å². The molecular weight excluding hydrogens is 389 g/mol. The summed E-state index contributed by atoms with van der Waals surface area (Å²) in [5.41, 5.74) is -1.02. The molecule has 0 saturated carbocycles. The first-order valence-corrected chi connectivity index (χ1v) is 7.46. The maximum absolute atomic E-state index is 13.2.